The van der Waals surface area contributed by atoms with E-state index >= 15 is 0 Å². The average Bonchev–Trinajstić information content (AvgIpc) is 2.70. The summed E-state index contributed by atoms with van der Waals surface area (Å²) in [5.74, 6) is -0.841. The topological polar surface area (TPSA) is 89.9 Å². The summed E-state index contributed by atoms with van der Waals surface area (Å²) in [6.07, 6.45) is 6.79. The Morgan fingerprint density at radius 1 is 1.11 bits per heavy atom. The van der Waals surface area contributed by atoms with Gasteiger partial charge in [0, 0.05) is 25.6 Å². The number of carbonyl (C=O) groups is 2. The van der Waals surface area contributed by atoms with Gasteiger partial charge < -0.3 is 20.4 Å². The van der Waals surface area contributed by atoms with Gasteiger partial charge in [0.1, 0.15) is 0 Å². The number of likely N-dealkylation sites (tertiary alicyclic amines) is 1. The Hall–Kier alpha value is -2.08. The molecule has 28 heavy (non-hydrogen) atoms. The van der Waals surface area contributed by atoms with Crippen LogP contribution in [0.1, 0.15) is 56.9 Å². The van der Waals surface area contributed by atoms with E-state index in [2.05, 4.69) is 5.32 Å². The molecule has 0 bridgehead atoms. The Labute approximate surface area is 166 Å². The van der Waals surface area contributed by atoms with E-state index in [9.17, 15) is 14.7 Å². The molecule has 6 heteroatoms. The quantitative estimate of drug-likeness (QED) is 0.698. The lowest BCUT2D eigenvalue weighted by molar-refractivity contribution is -0.137. The van der Waals surface area contributed by atoms with E-state index in [0.29, 0.717) is 18.3 Å². The second-order valence-corrected chi connectivity index (χ2v) is 8.49. The summed E-state index contributed by atoms with van der Waals surface area (Å²) in [4.78, 5) is 25.7. The van der Waals surface area contributed by atoms with Crippen molar-refractivity contribution in [3.8, 4) is 0 Å². The Kier molecular flexibility index (Phi) is 6.94. The lowest BCUT2D eigenvalue weighted by atomic mass is 9.67. The molecule has 1 unspecified atom stereocenters. The van der Waals surface area contributed by atoms with Crippen molar-refractivity contribution in [2.24, 2.45) is 5.41 Å². The number of carbonyl (C=O) groups excluding carboxylic acids is 1. The van der Waals surface area contributed by atoms with Crippen molar-refractivity contribution in [1.29, 1.82) is 0 Å². The first-order valence-corrected chi connectivity index (χ1v) is 10.4. The zero-order chi connectivity index (χ0) is 20.0. The van der Waals surface area contributed by atoms with Crippen LogP contribution in [0.2, 0.25) is 0 Å². The van der Waals surface area contributed by atoms with Gasteiger partial charge in [0.2, 0.25) is 0 Å². The van der Waals surface area contributed by atoms with Gasteiger partial charge >= 0.3 is 12.0 Å². The summed E-state index contributed by atoms with van der Waals surface area (Å²) in [5.41, 5.74) is 1.39. The molecule has 154 valence electrons. The molecular weight excluding hydrogens is 356 g/mol. The zero-order valence-corrected chi connectivity index (χ0v) is 16.5. The fourth-order valence-electron chi connectivity index (χ4n) is 4.59. The number of aliphatic hydroxyl groups excluding tert-OH is 1. The van der Waals surface area contributed by atoms with Crippen LogP contribution in [0.4, 0.5) is 4.79 Å². The Balaban J connectivity index is 1.53. The normalized spacial score (nSPS) is 20.7. The summed E-state index contributed by atoms with van der Waals surface area (Å²) in [6.45, 7) is 1.47. The van der Waals surface area contributed by atoms with Crippen molar-refractivity contribution in [3.05, 3.63) is 35.9 Å². The SMILES string of the molecule is O=C(O)CCC(Cc1ccccc1)NC(=O)N1CCC2(CCC(O)CC2)CC1. The lowest BCUT2D eigenvalue weighted by Crippen LogP contribution is -2.51. The number of carboxylic acids is 1. The maximum atomic E-state index is 12.8. The van der Waals surface area contributed by atoms with Gasteiger partial charge in [0.25, 0.3) is 0 Å². The van der Waals surface area contributed by atoms with Crippen LogP contribution in [0.15, 0.2) is 30.3 Å². The molecule has 2 aliphatic rings. The molecule has 1 saturated heterocycles. The van der Waals surface area contributed by atoms with Crippen molar-refractivity contribution in [2.75, 3.05) is 13.1 Å². The molecule has 3 N–H and O–H groups in total. The third-order valence-electron chi connectivity index (χ3n) is 6.49. The minimum atomic E-state index is -0.841. The summed E-state index contributed by atoms with van der Waals surface area (Å²) in [7, 11) is 0. The van der Waals surface area contributed by atoms with E-state index in [-0.39, 0.29) is 24.6 Å². The number of nitrogens with zero attached hydrogens (tertiary/aromatic N) is 1. The number of aliphatic hydroxyl groups is 1. The number of nitrogens with one attached hydrogen (secondary N) is 1. The van der Waals surface area contributed by atoms with Crippen LogP contribution in [-0.4, -0.2) is 52.3 Å². The van der Waals surface area contributed by atoms with Crippen molar-refractivity contribution in [1.82, 2.24) is 10.2 Å². The Morgan fingerprint density at radius 3 is 2.36 bits per heavy atom. The largest absolute Gasteiger partial charge is 0.481 e. The molecule has 1 aliphatic heterocycles. The van der Waals surface area contributed by atoms with Crippen LogP contribution in [0, 0.1) is 5.41 Å². The molecule has 0 aromatic heterocycles. The number of carboxylic acid groups (broad SMARTS) is 1. The van der Waals surface area contributed by atoms with Crippen LogP contribution >= 0.6 is 0 Å². The number of hydrogen-bond acceptors (Lipinski definition) is 3. The van der Waals surface area contributed by atoms with Crippen LogP contribution in [0.5, 0.6) is 0 Å². The molecular formula is C22H32N2O4. The van der Waals surface area contributed by atoms with E-state index in [1.165, 1.54) is 0 Å². The highest BCUT2D eigenvalue weighted by Gasteiger charge is 2.38. The third-order valence-corrected chi connectivity index (χ3v) is 6.49. The standard InChI is InChI=1S/C22H32N2O4/c25-19-8-10-22(11-9-19)12-14-24(15-13-22)21(28)23-18(6-7-20(26)27)16-17-4-2-1-3-5-17/h1-5,18-19,25H,6-16H2,(H,23,28)(H,26,27). The predicted molar refractivity (Wildman–Crippen MR) is 107 cm³/mol. The van der Waals surface area contributed by atoms with Gasteiger partial charge in [-0.15, -0.1) is 0 Å². The smallest absolute Gasteiger partial charge is 0.317 e. The number of urea groups is 1. The van der Waals surface area contributed by atoms with Gasteiger partial charge in [-0.1, -0.05) is 30.3 Å². The first kappa shape index (κ1) is 20.6. The molecule has 1 aromatic carbocycles. The summed E-state index contributed by atoms with van der Waals surface area (Å²) in [6, 6.07) is 9.59. The van der Waals surface area contributed by atoms with E-state index in [1.54, 1.807) is 0 Å². The minimum absolute atomic E-state index is 0.0449. The highest BCUT2D eigenvalue weighted by Crippen LogP contribution is 2.44. The fraction of sp³-hybridized carbons (Fsp3) is 0.636. The molecule has 1 aliphatic carbocycles. The molecule has 6 nitrogen and oxygen atoms in total. The van der Waals surface area contributed by atoms with E-state index < -0.39 is 5.97 Å². The highest BCUT2D eigenvalue weighted by molar-refractivity contribution is 5.75. The molecule has 1 heterocycles. The van der Waals surface area contributed by atoms with E-state index in [1.807, 2.05) is 35.2 Å². The summed E-state index contributed by atoms with van der Waals surface area (Å²) < 4.78 is 0. The molecule has 1 saturated carbocycles. The van der Waals surface area contributed by atoms with Crippen molar-refractivity contribution < 1.29 is 19.8 Å². The summed E-state index contributed by atoms with van der Waals surface area (Å²) in [5, 5.41) is 21.9. The van der Waals surface area contributed by atoms with Gasteiger partial charge in [-0.25, -0.2) is 4.79 Å². The monoisotopic (exact) mass is 388 g/mol. The van der Waals surface area contributed by atoms with E-state index in [4.69, 9.17) is 5.11 Å². The van der Waals surface area contributed by atoms with Gasteiger partial charge in [-0.2, -0.15) is 0 Å². The van der Waals surface area contributed by atoms with Gasteiger partial charge in [-0.05, 0) is 62.3 Å². The van der Waals surface area contributed by atoms with Crippen LogP contribution < -0.4 is 5.32 Å². The molecule has 0 radical (unpaired) electrons. The maximum Gasteiger partial charge on any atom is 0.317 e. The lowest BCUT2D eigenvalue weighted by Gasteiger charge is -2.45. The number of hydrogen-bond donors (Lipinski definition) is 3. The van der Waals surface area contributed by atoms with Crippen molar-refractivity contribution in [3.63, 3.8) is 0 Å². The highest BCUT2D eigenvalue weighted by atomic mass is 16.4. The second-order valence-electron chi connectivity index (χ2n) is 8.49. The van der Waals surface area contributed by atoms with Crippen molar-refractivity contribution >= 4 is 12.0 Å². The Bertz CT molecular complexity index is 646. The van der Waals surface area contributed by atoms with Crippen LogP contribution in [0.3, 0.4) is 0 Å². The fourth-order valence-corrected chi connectivity index (χ4v) is 4.59. The zero-order valence-electron chi connectivity index (χ0n) is 16.5. The number of piperidine rings is 1. The maximum absolute atomic E-state index is 12.8. The number of benzene rings is 1. The van der Waals surface area contributed by atoms with Crippen LogP contribution in [0.25, 0.3) is 0 Å². The second kappa shape index (κ2) is 9.41. The molecule has 1 atom stereocenters. The molecule has 1 aromatic rings. The minimum Gasteiger partial charge on any atom is -0.481 e. The first-order chi connectivity index (χ1) is 13.5. The molecule has 2 fully saturated rings. The Morgan fingerprint density at radius 2 is 1.75 bits per heavy atom. The number of aliphatic carboxylic acids is 1. The predicted octanol–water partition coefficient (Wildman–Crippen LogP) is 3.19. The van der Waals surface area contributed by atoms with E-state index in [0.717, 1.165) is 57.2 Å². The number of amides is 2. The first-order valence-electron chi connectivity index (χ1n) is 10.4. The third kappa shape index (κ3) is 5.71. The molecule has 2 amide bonds. The number of rotatable bonds is 6. The average molecular weight is 389 g/mol. The van der Waals surface area contributed by atoms with Gasteiger partial charge in [-0.3, -0.25) is 4.79 Å². The summed E-state index contributed by atoms with van der Waals surface area (Å²) >= 11 is 0. The molecule has 1 spiro atoms. The van der Waals surface area contributed by atoms with Crippen LogP contribution in [-0.2, 0) is 11.2 Å². The molecule has 3 rings (SSSR count). The van der Waals surface area contributed by atoms with Gasteiger partial charge in [0.15, 0.2) is 0 Å². The van der Waals surface area contributed by atoms with Crippen molar-refractivity contribution in [2.45, 2.75) is 69.9 Å². The van der Waals surface area contributed by atoms with Gasteiger partial charge in [0.05, 0.1) is 6.10 Å².